The van der Waals surface area contributed by atoms with Crippen LogP contribution >= 0.6 is 0 Å². The van der Waals surface area contributed by atoms with Gasteiger partial charge in [-0.05, 0) is 24.3 Å². The quantitative estimate of drug-likeness (QED) is 0.785. The molecule has 0 aliphatic heterocycles. The minimum absolute atomic E-state index is 0.0659. The van der Waals surface area contributed by atoms with Crippen LogP contribution in [0.5, 0.6) is 0 Å². The molecule has 1 aromatic heterocycles. The van der Waals surface area contributed by atoms with Crippen LogP contribution in [-0.4, -0.2) is 22.9 Å². The molecule has 0 bridgehead atoms. The van der Waals surface area contributed by atoms with Gasteiger partial charge < -0.3 is 10.2 Å². The van der Waals surface area contributed by atoms with Crippen molar-refractivity contribution >= 4 is 23.1 Å². The summed E-state index contributed by atoms with van der Waals surface area (Å²) >= 11 is 0. The number of benzene rings is 2. The Hall–Kier alpha value is -3.35. The molecular weight excluding hydrogens is 326 g/mol. The van der Waals surface area contributed by atoms with Crippen LogP contribution in [-0.2, 0) is 0 Å². The largest absolute Gasteiger partial charge is 0.337 e. The third kappa shape index (κ3) is 3.77. The highest BCUT2D eigenvalue weighted by Crippen LogP contribution is 2.19. The second-order valence-corrected chi connectivity index (χ2v) is 5.24. The lowest BCUT2D eigenvalue weighted by Gasteiger charge is -2.16. The van der Waals surface area contributed by atoms with E-state index in [4.69, 9.17) is 0 Å². The van der Waals surface area contributed by atoms with Crippen LogP contribution in [0.1, 0.15) is 10.5 Å². The van der Waals surface area contributed by atoms with E-state index in [1.807, 2.05) is 18.2 Å². The molecule has 5 nitrogen and oxygen atoms in total. The zero-order valence-corrected chi connectivity index (χ0v) is 13.3. The molecule has 2 aromatic carbocycles. The molecule has 7 heteroatoms. The van der Waals surface area contributed by atoms with Gasteiger partial charge >= 0.3 is 0 Å². The smallest absolute Gasteiger partial charge is 0.278 e. The van der Waals surface area contributed by atoms with E-state index >= 15 is 0 Å². The maximum atomic E-state index is 13.6. The highest BCUT2D eigenvalue weighted by Gasteiger charge is 2.15. The second-order valence-electron chi connectivity index (χ2n) is 5.24. The minimum atomic E-state index is -0.745. The van der Waals surface area contributed by atoms with Crippen LogP contribution in [0.2, 0.25) is 0 Å². The second kappa shape index (κ2) is 7.04. The van der Waals surface area contributed by atoms with Gasteiger partial charge in [0, 0.05) is 18.8 Å². The Bertz CT molecular complexity index is 885. The molecular formula is C18H14F2N4O. The summed E-state index contributed by atoms with van der Waals surface area (Å²) in [6.45, 7) is 0. The molecule has 25 heavy (non-hydrogen) atoms. The maximum absolute atomic E-state index is 13.6. The van der Waals surface area contributed by atoms with E-state index in [0.717, 1.165) is 17.8 Å². The number of hydrogen-bond donors (Lipinski definition) is 1. The number of nitrogens with zero attached hydrogens (tertiary/aromatic N) is 3. The van der Waals surface area contributed by atoms with E-state index in [2.05, 4.69) is 15.3 Å². The molecule has 0 saturated carbocycles. The van der Waals surface area contributed by atoms with Crippen LogP contribution in [0, 0.1) is 11.6 Å². The van der Waals surface area contributed by atoms with Crippen LogP contribution in [0.15, 0.2) is 60.9 Å². The monoisotopic (exact) mass is 340 g/mol. The van der Waals surface area contributed by atoms with Crippen molar-refractivity contribution in [3.63, 3.8) is 0 Å². The molecule has 0 spiro atoms. The predicted molar refractivity (Wildman–Crippen MR) is 90.8 cm³/mol. The van der Waals surface area contributed by atoms with Crippen molar-refractivity contribution in [1.82, 2.24) is 9.97 Å². The van der Waals surface area contributed by atoms with E-state index in [1.165, 1.54) is 23.4 Å². The molecule has 0 saturated heterocycles. The molecule has 1 heterocycles. The van der Waals surface area contributed by atoms with Gasteiger partial charge in [0.05, 0.1) is 18.1 Å². The number of para-hydroxylation sites is 1. The summed E-state index contributed by atoms with van der Waals surface area (Å²) in [5.74, 6) is -1.49. The normalized spacial score (nSPS) is 10.4. The van der Waals surface area contributed by atoms with Crippen molar-refractivity contribution in [3.05, 3.63) is 78.3 Å². The predicted octanol–water partition coefficient (Wildman–Crippen LogP) is 3.78. The summed E-state index contributed by atoms with van der Waals surface area (Å²) in [4.78, 5) is 22.0. The number of halogens is 2. The number of anilines is 3. The van der Waals surface area contributed by atoms with Crippen molar-refractivity contribution in [1.29, 1.82) is 0 Å². The van der Waals surface area contributed by atoms with Gasteiger partial charge in [-0.25, -0.2) is 18.7 Å². The highest BCUT2D eigenvalue weighted by molar-refractivity contribution is 6.04. The van der Waals surface area contributed by atoms with Gasteiger partial charge in [-0.15, -0.1) is 0 Å². The van der Waals surface area contributed by atoms with Gasteiger partial charge in [0.15, 0.2) is 0 Å². The molecule has 0 atom stereocenters. The van der Waals surface area contributed by atoms with Gasteiger partial charge in [0.25, 0.3) is 5.91 Å². The number of nitrogens with one attached hydrogen (secondary N) is 1. The molecule has 1 N–H and O–H groups in total. The average molecular weight is 340 g/mol. The van der Waals surface area contributed by atoms with Crippen molar-refractivity contribution in [2.75, 3.05) is 17.3 Å². The third-order valence-corrected chi connectivity index (χ3v) is 3.51. The fourth-order valence-corrected chi connectivity index (χ4v) is 2.17. The summed E-state index contributed by atoms with van der Waals surface area (Å²) in [5, 5.41) is 2.69. The third-order valence-electron chi connectivity index (χ3n) is 3.51. The van der Waals surface area contributed by atoms with Crippen molar-refractivity contribution < 1.29 is 13.6 Å². The van der Waals surface area contributed by atoms with E-state index < -0.39 is 11.6 Å². The van der Waals surface area contributed by atoms with Crippen LogP contribution in [0.25, 0.3) is 0 Å². The number of rotatable bonds is 4. The van der Waals surface area contributed by atoms with Crippen LogP contribution in [0.4, 0.5) is 26.0 Å². The number of carbonyl (C=O) groups excluding carboxylic acids is 1. The van der Waals surface area contributed by atoms with Crippen molar-refractivity contribution in [2.45, 2.75) is 0 Å². The number of amides is 1. The zero-order valence-electron chi connectivity index (χ0n) is 13.3. The first kappa shape index (κ1) is 16.5. The molecule has 0 aliphatic carbocycles. The van der Waals surface area contributed by atoms with E-state index in [0.29, 0.717) is 0 Å². The summed E-state index contributed by atoms with van der Waals surface area (Å²) in [6, 6.07) is 12.3. The van der Waals surface area contributed by atoms with Crippen LogP contribution in [0.3, 0.4) is 0 Å². The van der Waals surface area contributed by atoms with Gasteiger partial charge in [0.1, 0.15) is 23.1 Å². The first-order valence-electron chi connectivity index (χ1n) is 7.42. The summed E-state index contributed by atoms with van der Waals surface area (Å²) in [5.41, 5.74) is 0.942. The zero-order chi connectivity index (χ0) is 17.8. The number of aromatic nitrogens is 2. The van der Waals surface area contributed by atoms with E-state index in [-0.39, 0.29) is 23.1 Å². The Labute approximate surface area is 143 Å². The van der Waals surface area contributed by atoms with Crippen LogP contribution < -0.4 is 10.2 Å². The van der Waals surface area contributed by atoms with Crippen molar-refractivity contribution in [3.8, 4) is 0 Å². The lowest BCUT2D eigenvalue weighted by atomic mass is 10.3. The van der Waals surface area contributed by atoms with Gasteiger partial charge in [0.2, 0.25) is 0 Å². The molecule has 0 aliphatic rings. The van der Waals surface area contributed by atoms with Gasteiger partial charge in [-0.2, -0.15) is 0 Å². The fourth-order valence-electron chi connectivity index (χ4n) is 2.17. The summed E-state index contributed by atoms with van der Waals surface area (Å²) in [7, 11) is 1.64. The fraction of sp³-hybridized carbons (Fsp3) is 0.0556. The molecule has 3 rings (SSSR count). The van der Waals surface area contributed by atoms with Gasteiger partial charge in [-0.3, -0.25) is 4.79 Å². The molecule has 1 amide bonds. The average Bonchev–Trinajstić information content (AvgIpc) is 2.64. The molecule has 0 radical (unpaired) electrons. The minimum Gasteiger partial charge on any atom is -0.337 e. The summed E-state index contributed by atoms with van der Waals surface area (Å²) < 4.78 is 26.5. The SMILES string of the molecule is CN(C(=O)c1cnc(Nc2ccc(F)cc2F)cn1)c1ccccc1. The van der Waals surface area contributed by atoms with Crippen molar-refractivity contribution in [2.24, 2.45) is 0 Å². The van der Waals surface area contributed by atoms with E-state index in [1.54, 1.807) is 19.2 Å². The lowest BCUT2D eigenvalue weighted by molar-refractivity contribution is 0.0988. The first-order valence-corrected chi connectivity index (χ1v) is 7.42. The topological polar surface area (TPSA) is 58.1 Å². The number of carbonyl (C=O) groups is 1. The number of hydrogen-bond acceptors (Lipinski definition) is 4. The highest BCUT2D eigenvalue weighted by atomic mass is 19.1. The first-order chi connectivity index (χ1) is 12.0. The molecule has 3 aromatic rings. The Kier molecular flexibility index (Phi) is 4.65. The standard InChI is InChI=1S/C18H14F2N4O/c1-24(13-5-3-2-4-6-13)18(25)16-10-22-17(11-21-16)23-15-8-7-12(19)9-14(15)20/h2-11H,1H3,(H,22,23). The Morgan fingerprint density at radius 1 is 1.04 bits per heavy atom. The van der Waals surface area contributed by atoms with Gasteiger partial charge in [-0.1, -0.05) is 18.2 Å². The lowest BCUT2D eigenvalue weighted by Crippen LogP contribution is -2.27. The molecule has 0 fully saturated rings. The maximum Gasteiger partial charge on any atom is 0.278 e. The molecule has 126 valence electrons. The summed E-state index contributed by atoms with van der Waals surface area (Å²) in [6.07, 6.45) is 2.61. The van der Waals surface area contributed by atoms with E-state index in [9.17, 15) is 13.6 Å². The molecule has 0 unspecified atom stereocenters. The Morgan fingerprint density at radius 2 is 1.80 bits per heavy atom. The Balaban J connectivity index is 1.74. The Morgan fingerprint density at radius 3 is 2.44 bits per heavy atom.